The molecule has 0 aromatic rings. The third-order valence-electron chi connectivity index (χ3n) is 5.48. The largest absolute Gasteiger partial charge is 0.449 e. The van der Waals surface area contributed by atoms with Gasteiger partial charge in [-0.25, -0.2) is 4.79 Å². The Kier molecular flexibility index (Phi) is 5.80. The van der Waals surface area contributed by atoms with Crippen LogP contribution in [0.2, 0.25) is 0 Å². The van der Waals surface area contributed by atoms with Gasteiger partial charge in [0.25, 0.3) is 0 Å². The molecule has 1 saturated heterocycles. The van der Waals surface area contributed by atoms with Gasteiger partial charge in [0.05, 0.1) is 6.61 Å². The molecule has 3 nitrogen and oxygen atoms in total. The van der Waals surface area contributed by atoms with Crippen LogP contribution in [0, 0.1) is 11.8 Å². The van der Waals surface area contributed by atoms with Crippen LogP contribution in [0.3, 0.4) is 0 Å². The van der Waals surface area contributed by atoms with Crippen molar-refractivity contribution in [3.05, 3.63) is 11.6 Å². The van der Waals surface area contributed by atoms with Crippen LogP contribution in [0.4, 0.5) is 4.79 Å². The molecular formula is C19H31NO2. The second kappa shape index (κ2) is 8.03. The van der Waals surface area contributed by atoms with E-state index in [9.17, 15) is 4.79 Å². The normalized spacial score (nSPS) is 32.3. The summed E-state index contributed by atoms with van der Waals surface area (Å²) in [5.41, 5.74) is 1.66. The average molecular weight is 305 g/mol. The second-order valence-corrected chi connectivity index (χ2v) is 7.35. The zero-order chi connectivity index (χ0) is 15.2. The van der Waals surface area contributed by atoms with Gasteiger partial charge in [-0.1, -0.05) is 30.9 Å². The summed E-state index contributed by atoms with van der Waals surface area (Å²) in [4.78, 5) is 13.7. The Bertz CT molecular complexity index is 404. The predicted octanol–water partition coefficient (Wildman–Crippen LogP) is 4.92. The zero-order valence-electron chi connectivity index (χ0n) is 13.9. The summed E-state index contributed by atoms with van der Waals surface area (Å²) in [7, 11) is 0. The lowest BCUT2D eigenvalue weighted by Gasteiger charge is -2.19. The van der Waals surface area contributed by atoms with E-state index in [-0.39, 0.29) is 6.09 Å². The molecule has 0 aromatic carbocycles. The van der Waals surface area contributed by atoms with Crippen molar-refractivity contribution in [1.82, 2.24) is 4.90 Å². The smallest absolute Gasteiger partial charge is 0.409 e. The number of hydrogen-bond acceptors (Lipinski definition) is 2. The highest BCUT2D eigenvalue weighted by atomic mass is 16.6. The Balaban J connectivity index is 1.45. The van der Waals surface area contributed by atoms with Gasteiger partial charge in [0.1, 0.15) is 0 Å². The number of carbonyl (C=O) groups is 1. The lowest BCUT2D eigenvalue weighted by atomic mass is 9.97. The van der Waals surface area contributed by atoms with E-state index in [4.69, 9.17) is 4.74 Å². The SMILES string of the molecule is O=C1OCCCCN1CCC/C1=C/C2CC2CCCCCC1. The van der Waals surface area contributed by atoms with Crippen LogP contribution in [-0.2, 0) is 4.74 Å². The van der Waals surface area contributed by atoms with Crippen molar-refractivity contribution in [3.63, 3.8) is 0 Å². The first-order valence-corrected chi connectivity index (χ1v) is 9.44. The van der Waals surface area contributed by atoms with Gasteiger partial charge < -0.3 is 9.64 Å². The van der Waals surface area contributed by atoms with Crippen LogP contribution in [0.25, 0.3) is 0 Å². The number of nitrogens with zero attached hydrogens (tertiary/aromatic N) is 1. The van der Waals surface area contributed by atoms with E-state index in [1.807, 2.05) is 4.90 Å². The first kappa shape index (κ1) is 15.9. The summed E-state index contributed by atoms with van der Waals surface area (Å²) in [6, 6.07) is 0. The van der Waals surface area contributed by atoms with Gasteiger partial charge in [0.2, 0.25) is 0 Å². The fraction of sp³-hybridized carbons (Fsp3) is 0.842. The van der Waals surface area contributed by atoms with Crippen molar-refractivity contribution in [2.45, 2.75) is 70.6 Å². The number of hydrogen-bond donors (Lipinski definition) is 0. The highest BCUT2D eigenvalue weighted by molar-refractivity contribution is 5.67. The molecule has 1 heterocycles. The molecule has 1 aliphatic heterocycles. The van der Waals surface area contributed by atoms with E-state index in [1.54, 1.807) is 5.57 Å². The quantitative estimate of drug-likeness (QED) is 0.690. The molecular weight excluding hydrogens is 274 g/mol. The van der Waals surface area contributed by atoms with E-state index in [0.29, 0.717) is 6.61 Å². The lowest BCUT2D eigenvalue weighted by Crippen LogP contribution is -2.31. The van der Waals surface area contributed by atoms with E-state index >= 15 is 0 Å². The molecule has 124 valence electrons. The Hall–Kier alpha value is -0.990. The molecule has 0 radical (unpaired) electrons. The molecule has 3 aliphatic rings. The molecule has 22 heavy (non-hydrogen) atoms. The molecule has 1 amide bonds. The maximum Gasteiger partial charge on any atom is 0.409 e. The van der Waals surface area contributed by atoms with Crippen LogP contribution in [-0.4, -0.2) is 30.7 Å². The average Bonchev–Trinajstić information content (AvgIpc) is 3.28. The molecule has 3 heteroatoms. The Morgan fingerprint density at radius 1 is 1.14 bits per heavy atom. The highest BCUT2D eigenvalue weighted by Gasteiger charge is 2.34. The van der Waals surface area contributed by atoms with Gasteiger partial charge in [-0.2, -0.15) is 0 Å². The Morgan fingerprint density at radius 3 is 3.00 bits per heavy atom. The predicted molar refractivity (Wildman–Crippen MR) is 88.8 cm³/mol. The Labute approximate surface area is 135 Å². The number of ether oxygens (including phenoxy) is 1. The van der Waals surface area contributed by atoms with E-state index in [1.165, 1.54) is 51.4 Å². The van der Waals surface area contributed by atoms with Gasteiger partial charge in [-0.05, 0) is 63.2 Å². The number of fused-ring (bicyclic) bond motifs is 1. The fourth-order valence-electron chi connectivity index (χ4n) is 3.96. The maximum absolute atomic E-state index is 11.8. The van der Waals surface area contributed by atoms with Crippen molar-refractivity contribution < 1.29 is 9.53 Å². The summed E-state index contributed by atoms with van der Waals surface area (Å²) < 4.78 is 5.22. The molecule has 0 N–H and O–H groups in total. The van der Waals surface area contributed by atoms with Crippen molar-refractivity contribution in [3.8, 4) is 0 Å². The maximum atomic E-state index is 11.8. The minimum atomic E-state index is -0.0975. The summed E-state index contributed by atoms with van der Waals surface area (Å²) in [5.74, 6) is 1.88. The molecule has 3 rings (SSSR count). The number of rotatable bonds is 4. The van der Waals surface area contributed by atoms with Gasteiger partial charge in [0.15, 0.2) is 0 Å². The first-order valence-electron chi connectivity index (χ1n) is 9.44. The number of cyclic esters (lactones) is 1. The summed E-state index contributed by atoms with van der Waals surface area (Å²) in [6.07, 6.45) is 16.7. The minimum absolute atomic E-state index is 0.0975. The van der Waals surface area contributed by atoms with E-state index in [0.717, 1.165) is 44.2 Å². The van der Waals surface area contributed by atoms with Crippen molar-refractivity contribution >= 4 is 6.09 Å². The summed E-state index contributed by atoms with van der Waals surface area (Å²) in [5, 5.41) is 0. The second-order valence-electron chi connectivity index (χ2n) is 7.35. The fourth-order valence-corrected chi connectivity index (χ4v) is 3.96. The third-order valence-corrected chi connectivity index (χ3v) is 5.48. The summed E-state index contributed by atoms with van der Waals surface area (Å²) in [6.45, 7) is 2.34. The number of amides is 1. The van der Waals surface area contributed by atoms with Crippen LogP contribution in [0.1, 0.15) is 70.6 Å². The third kappa shape index (κ3) is 4.76. The molecule has 0 spiro atoms. The van der Waals surface area contributed by atoms with Gasteiger partial charge >= 0.3 is 6.09 Å². The van der Waals surface area contributed by atoms with Gasteiger partial charge in [-0.15, -0.1) is 0 Å². The van der Waals surface area contributed by atoms with Crippen molar-refractivity contribution in [2.24, 2.45) is 11.8 Å². The van der Waals surface area contributed by atoms with Crippen LogP contribution in [0.5, 0.6) is 0 Å². The van der Waals surface area contributed by atoms with E-state index < -0.39 is 0 Å². The van der Waals surface area contributed by atoms with Crippen LogP contribution < -0.4 is 0 Å². The number of allylic oxidation sites excluding steroid dienone is 2. The summed E-state index contributed by atoms with van der Waals surface area (Å²) >= 11 is 0. The zero-order valence-corrected chi connectivity index (χ0v) is 13.9. The topological polar surface area (TPSA) is 29.5 Å². The van der Waals surface area contributed by atoms with Gasteiger partial charge in [-0.3, -0.25) is 0 Å². The van der Waals surface area contributed by atoms with Crippen LogP contribution in [0.15, 0.2) is 11.6 Å². The first-order chi connectivity index (χ1) is 10.8. The standard InChI is InChI=1S/C19H31NO2/c21-19-20(11-5-6-13-22-19)12-7-9-16-8-3-1-2-4-10-17-15-18(17)14-16/h14,17-18H,1-13,15H2/b16-14+. The molecule has 0 aromatic heterocycles. The molecule has 2 unspecified atom stereocenters. The molecule has 2 fully saturated rings. The van der Waals surface area contributed by atoms with Crippen LogP contribution >= 0.6 is 0 Å². The molecule has 2 atom stereocenters. The molecule has 1 saturated carbocycles. The van der Waals surface area contributed by atoms with Crippen molar-refractivity contribution in [2.75, 3.05) is 19.7 Å². The van der Waals surface area contributed by atoms with E-state index in [2.05, 4.69) is 6.08 Å². The Morgan fingerprint density at radius 2 is 2.05 bits per heavy atom. The molecule has 2 aliphatic carbocycles. The van der Waals surface area contributed by atoms with Crippen molar-refractivity contribution in [1.29, 1.82) is 0 Å². The molecule has 0 bridgehead atoms. The lowest BCUT2D eigenvalue weighted by molar-refractivity contribution is 0.115. The number of carbonyl (C=O) groups excluding carboxylic acids is 1. The minimum Gasteiger partial charge on any atom is -0.449 e. The monoisotopic (exact) mass is 305 g/mol. The van der Waals surface area contributed by atoms with Gasteiger partial charge in [0, 0.05) is 13.1 Å². The highest BCUT2D eigenvalue weighted by Crippen LogP contribution is 2.45.